The third-order valence-corrected chi connectivity index (χ3v) is 2.14. The highest BCUT2D eigenvalue weighted by Crippen LogP contribution is 1.90. The second kappa shape index (κ2) is 11.6. The van der Waals surface area contributed by atoms with Crippen LogP contribution in [0.4, 0.5) is 0 Å². The Morgan fingerprint density at radius 1 is 1.24 bits per heavy atom. The highest BCUT2D eigenvalue weighted by Gasteiger charge is 2.14. The molecule has 0 aromatic heterocycles. The van der Waals surface area contributed by atoms with Crippen LogP contribution in [0.3, 0.4) is 0 Å². The Balaban J connectivity index is 0. The third-order valence-electron chi connectivity index (χ3n) is 1.55. The van der Waals surface area contributed by atoms with Crippen molar-refractivity contribution >= 4 is 43.0 Å². The van der Waals surface area contributed by atoms with Crippen LogP contribution in [-0.4, -0.2) is 35.3 Å². The van der Waals surface area contributed by atoms with Crippen molar-refractivity contribution in [3.63, 3.8) is 0 Å². The molecular formula is C9H19N3O3S2. The van der Waals surface area contributed by atoms with Crippen molar-refractivity contribution in [1.29, 1.82) is 0 Å². The lowest BCUT2D eigenvalue weighted by atomic mass is 10.3. The van der Waals surface area contributed by atoms with Crippen molar-refractivity contribution in [2.75, 3.05) is 11.5 Å². The molecular weight excluding hydrogens is 262 g/mol. The molecule has 0 radical (unpaired) electrons. The summed E-state index contributed by atoms with van der Waals surface area (Å²) in [7, 11) is 0. The van der Waals surface area contributed by atoms with E-state index in [9.17, 15) is 14.4 Å². The Morgan fingerprint density at radius 2 is 1.71 bits per heavy atom. The number of nitrogens with one attached hydrogen (secondary N) is 1. The van der Waals surface area contributed by atoms with E-state index in [1.165, 1.54) is 0 Å². The van der Waals surface area contributed by atoms with E-state index in [1.807, 2.05) is 0 Å². The molecule has 0 fully saturated rings. The molecule has 0 aromatic carbocycles. The highest BCUT2D eigenvalue weighted by molar-refractivity contribution is 7.80. The van der Waals surface area contributed by atoms with Gasteiger partial charge in [-0.25, -0.2) is 0 Å². The van der Waals surface area contributed by atoms with Crippen LogP contribution in [0.1, 0.15) is 19.8 Å². The van der Waals surface area contributed by atoms with Gasteiger partial charge in [-0.05, 0) is 5.75 Å². The lowest BCUT2D eigenvalue weighted by molar-refractivity contribution is -0.126. The van der Waals surface area contributed by atoms with Gasteiger partial charge in [-0.15, -0.1) is 0 Å². The molecule has 6 nitrogen and oxygen atoms in total. The molecule has 0 rings (SSSR count). The van der Waals surface area contributed by atoms with Crippen LogP contribution < -0.4 is 16.8 Å². The Morgan fingerprint density at radius 3 is 1.94 bits per heavy atom. The van der Waals surface area contributed by atoms with Crippen molar-refractivity contribution in [2.24, 2.45) is 11.5 Å². The lowest BCUT2D eigenvalue weighted by Gasteiger charge is -2.11. The normalized spacial score (nSPS) is 10.8. The maximum absolute atomic E-state index is 10.9. The summed E-state index contributed by atoms with van der Waals surface area (Å²) in [4.78, 5) is 31.1. The number of hydrogen-bond acceptors (Lipinski definition) is 5. The van der Waals surface area contributed by atoms with Crippen molar-refractivity contribution in [3.05, 3.63) is 0 Å². The summed E-state index contributed by atoms with van der Waals surface area (Å²) in [5.74, 6) is -0.386. The minimum Gasteiger partial charge on any atom is -0.370 e. The highest BCUT2D eigenvalue weighted by atomic mass is 32.1. The van der Waals surface area contributed by atoms with Crippen molar-refractivity contribution < 1.29 is 14.4 Å². The van der Waals surface area contributed by atoms with E-state index in [1.54, 1.807) is 6.92 Å². The molecule has 100 valence electrons. The number of carbonyl (C=O) groups is 3. The van der Waals surface area contributed by atoms with E-state index < -0.39 is 11.9 Å². The molecule has 5 N–H and O–H groups in total. The van der Waals surface area contributed by atoms with Crippen LogP contribution in [0.5, 0.6) is 0 Å². The van der Waals surface area contributed by atoms with Gasteiger partial charge in [-0.1, -0.05) is 6.92 Å². The molecule has 0 saturated carbocycles. The fourth-order valence-corrected chi connectivity index (χ4v) is 1.05. The van der Waals surface area contributed by atoms with E-state index in [0.717, 1.165) is 0 Å². The van der Waals surface area contributed by atoms with Crippen molar-refractivity contribution in [1.82, 2.24) is 5.32 Å². The monoisotopic (exact) mass is 281 g/mol. The van der Waals surface area contributed by atoms with Gasteiger partial charge in [0.1, 0.15) is 6.04 Å². The standard InChI is InChI=1S/C6H12N2O2S2.C3H7NO/c7-6(10)4(3-12)8-5(9)1-2-11;1-2-3(4)5/h4,11-12H,1-3H2,(H2,7,10)(H,8,9);2H2,1H3,(H2,4,5). The molecule has 3 amide bonds. The van der Waals surface area contributed by atoms with Gasteiger partial charge >= 0.3 is 0 Å². The first kappa shape index (κ1) is 18.5. The number of nitrogens with two attached hydrogens (primary N) is 2. The smallest absolute Gasteiger partial charge is 0.240 e. The molecule has 0 aliphatic heterocycles. The number of amides is 3. The zero-order chi connectivity index (χ0) is 13.8. The Labute approximate surface area is 112 Å². The molecule has 8 heteroatoms. The minimum absolute atomic E-state index is 0.216. The van der Waals surface area contributed by atoms with E-state index in [2.05, 4.69) is 36.3 Å². The van der Waals surface area contributed by atoms with Crippen LogP contribution in [0, 0.1) is 0 Å². The Kier molecular flexibility index (Phi) is 12.6. The summed E-state index contributed by atoms with van der Waals surface area (Å²) < 4.78 is 0. The predicted octanol–water partition coefficient (Wildman–Crippen LogP) is -0.912. The predicted molar refractivity (Wildman–Crippen MR) is 72.9 cm³/mol. The van der Waals surface area contributed by atoms with E-state index in [0.29, 0.717) is 12.2 Å². The van der Waals surface area contributed by atoms with Gasteiger partial charge in [0.05, 0.1) is 0 Å². The summed E-state index contributed by atoms with van der Waals surface area (Å²) in [6.07, 6.45) is 0.723. The summed E-state index contributed by atoms with van der Waals surface area (Å²) in [5, 5.41) is 2.43. The first-order valence-electron chi connectivity index (χ1n) is 4.97. The maximum atomic E-state index is 10.9. The zero-order valence-electron chi connectivity index (χ0n) is 9.68. The largest absolute Gasteiger partial charge is 0.370 e. The molecule has 0 aromatic rings. The number of rotatable bonds is 6. The summed E-state index contributed by atoms with van der Waals surface area (Å²) in [6, 6.07) is -0.680. The Hall–Kier alpha value is -0.890. The molecule has 17 heavy (non-hydrogen) atoms. The minimum atomic E-state index is -0.680. The summed E-state index contributed by atoms with van der Waals surface area (Å²) in [5.41, 5.74) is 9.62. The van der Waals surface area contributed by atoms with Gasteiger partial charge in [0, 0.05) is 18.6 Å². The zero-order valence-corrected chi connectivity index (χ0v) is 11.5. The first-order valence-corrected chi connectivity index (χ1v) is 6.24. The van der Waals surface area contributed by atoms with Crippen LogP contribution in [-0.2, 0) is 14.4 Å². The van der Waals surface area contributed by atoms with E-state index in [4.69, 9.17) is 5.73 Å². The number of thiol groups is 2. The molecule has 0 bridgehead atoms. The fourth-order valence-electron chi connectivity index (χ4n) is 0.575. The average Bonchev–Trinajstić information content (AvgIpc) is 2.26. The van der Waals surface area contributed by atoms with Crippen LogP contribution >= 0.6 is 25.3 Å². The summed E-state index contributed by atoms with van der Waals surface area (Å²) >= 11 is 7.73. The van der Waals surface area contributed by atoms with Crippen molar-refractivity contribution in [3.8, 4) is 0 Å². The van der Waals surface area contributed by atoms with Gasteiger partial charge in [-0.2, -0.15) is 25.3 Å². The fraction of sp³-hybridized carbons (Fsp3) is 0.667. The van der Waals surface area contributed by atoms with E-state index >= 15 is 0 Å². The van der Waals surface area contributed by atoms with Gasteiger partial charge in [0.15, 0.2) is 0 Å². The molecule has 1 unspecified atom stereocenters. The SMILES string of the molecule is CCC(N)=O.NC(=O)C(CS)NC(=O)CCS. The number of primary amides is 2. The molecule has 0 heterocycles. The maximum Gasteiger partial charge on any atom is 0.240 e. The molecule has 0 saturated heterocycles. The van der Waals surface area contributed by atoms with Gasteiger partial charge in [-0.3, -0.25) is 14.4 Å². The van der Waals surface area contributed by atoms with E-state index in [-0.39, 0.29) is 24.0 Å². The molecule has 0 spiro atoms. The van der Waals surface area contributed by atoms with Crippen molar-refractivity contribution in [2.45, 2.75) is 25.8 Å². The molecule has 1 atom stereocenters. The topological polar surface area (TPSA) is 115 Å². The quantitative estimate of drug-likeness (QED) is 0.406. The van der Waals surface area contributed by atoms with Crippen LogP contribution in [0.25, 0.3) is 0 Å². The van der Waals surface area contributed by atoms with Gasteiger partial charge in [0.25, 0.3) is 0 Å². The number of carbonyl (C=O) groups excluding carboxylic acids is 3. The average molecular weight is 281 g/mol. The number of hydrogen-bond donors (Lipinski definition) is 5. The Bertz CT molecular complexity index is 262. The van der Waals surface area contributed by atoms with Gasteiger partial charge < -0.3 is 16.8 Å². The second-order valence-electron chi connectivity index (χ2n) is 3.00. The third kappa shape index (κ3) is 13.0. The van der Waals surface area contributed by atoms with Crippen LogP contribution in [0.2, 0.25) is 0 Å². The summed E-state index contributed by atoms with van der Waals surface area (Å²) in [6.45, 7) is 1.72. The van der Waals surface area contributed by atoms with Crippen LogP contribution in [0.15, 0.2) is 0 Å². The first-order chi connectivity index (χ1) is 7.88. The van der Waals surface area contributed by atoms with Gasteiger partial charge in [0.2, 0.25) is 17.7 Å². The lowest BCUT2D eigenvalue weighted by Crippen LogP contribution is -2.45. The molecule has 0 aliphatic carbocycles. The second-order valence-corrected chi connectivity index (χ2v) is 3.81. The molecule has 0 aliphatic rings.